The van der Waals surface area contributed by atoms with Crippen molar-refractivity contribution in [2.45, 2.75) is 32.7 Å². The van der Waals surface area contributed by atoms with E-state index < -0.39 is 0 Å². The standard InChI is InChI=1S/C16H20N2OS/c1-10-6-12(3)14(7-11(10)2)15(19)9-20-16-8-13(4)17-18(16)5/h6-8H,9H2,1-5H3. The van der Waals surface area contributed by atoms with Gasteiger partial charge >= 0.3 is 0 Å². The molecule has 0 spiro atoms. The van der Waals surface area contributed by atoms with E-state index in [1.165, 1.54) is 11.1 Å². The topological polar surface area (TPSA) is 34.9 Å². The Morgan fingerprint density at radius 2 is 1.75 bits per heavy atom. The lowest BCUT2D eigenvalue weighted by atomic mass is 9.99. The van der Waals surface area contributed by atoms with Crippen LogP contribution < -0.4 is 0 Å². The SMILES string of the molecule is Cc1cc(SCC(=O)c2cc(C)c(C)cc2C)n(C)n1. The molecule has 0 N–H and O–H groups in total. The van der Waals surface area contributed by atoms with Gasteiger partial charge in [-0.25, -0.2) is 0 Å². The van der Waals surface area contributed by atoms with Crippen LogP contribution >= 0.6 is 11.8 Å². The van der Waals surface area contributed by atoms with Gasteiger partial charge in [-0.3, -0.25) is 9.48 Å². The van der Waals surface area contributed by atoms with Crippen molar-refractivity contribution in [1.82, 2.24) is 9.78 Å². The lowest BCUT2D eigenvalue weighted by Crippen LogP contribution is -2.06. The third-order valence-electron chi connectivity index (χ3n) is 3.45. The molecule has 3 nitrogen and oxygen atoms in total. The summed E-state index contributed by atoms with van der Waals surface area (Å²) in [6.07, 6.45) is 0. The van der Waals surface area contributed by atoms with Gasteiger partial charge in [0.2, 0.25) is 0 Å². The molecule has 0 amide bonds. The fraction of sp³-hybridized carbons (Fsp3) is 0.375. The second-order valence-electron chi connectivity index (χ2n) is 5.21. The number of carbonyl (C=O) groups excluding carboxylic acids is 1. The minimum Gasteiger partial charge on any atom is -0.293 e. The second-order valence-corrected chi connectivity index (χ2v) is 6.21. The van der Waals surface area contributed by atoms with E-state index >= 15 is 0 Å². The number of Topliss-reactive ketones (excluding diaryl/α,β-unsaturated/α-hetero) is 1. The van der Waals surface area contributed by atoms with Crippen molar-refractivity contribution in [2.75, 3.05) is 5.75 Å². The summed E-state index contributed by atoms with van der Waals surface area (Å²) in [4.78, 5) is 12.4. The van der Waals surface area contributed by atoms with E-state index in [2.05, 4.69) is 18.1 Å². The number of ketones is 1. The average molecular weight is 288 g/mol. The van der Waals surface area contributed by atoms with Gasteiger partial charge < -0.3 is 0 Å². The first-order valence-electron chi connectivity index (χ1n) is 6.63. The van der Waals surface area contributed by atoms with Crippen LogP contribution in [0.15, 0.2) is 23.2 Å². The lowest BCUT2D eigenvalue weighted by Gasteiger charge is -2.09. The van der Waals surface area contributed by atoms with Gasteiger partial charge in [0, 0.05) is 12.6 Å². The average Bonchev–Trinajstić information content (AvgIpc) is 2.69. The molecule has 106 valence electrons. The Balaban J connectivity index is 2.13. The molecule has 0 atom stereocenters. The van der Waals surface area contributed by atoms with Crippen LogP contribution in [0.3, 0.4) is 0 Å². The lowest BCUT2D eigenvalue weighted by molar-refractivity contribution is 0.102. The van der Waals surface area contributed by atoms with E-state index in [1.807, 2.05) is 44.6 Å². The zero-order chi connectivity index (χ0) is 14.9. The number of benzene rings is 1. The molecule has 0 radical (unpaired) electrons. The maximum atomic E-state index is 12.4. The first kappa shape index (κ1) is 14.9. The molecule has 4 heteroatoms. The summed E-state index contributed by atoms with van der Waals surface area (Å²) in [5, 5.41) is 5.31. The molecule has 2 rings (SSSR count). The van der Waals surface area contributed by atoms with Gasteiger partial charge in [-0.1, -0.05) is 17.8 Å². The molecule has 0 aliphatic carbocycles. The first-order valence-corrected chi connectivity index (χ1v) is 7.61. The van der Waals surface area contributed by atoms with Crippen molar-refractivity contribution in [3.63, 3.8) is 0 Å². The predicted molar refractivity (Wildman–Crippen MR) is 83.7 cm³/mol. The van der Waals surface area contributed by atoms with Crippen molar-refractivity contribution in [3.05, 3.63) is 46.1 Å². The fourth-order valence-corrected chi connectivity index (χ4v) is 3.12. The maximum absolute atomic E-state index is 12.4. The Bertz CT molecular complexity index is 659. The summed E-state index contributed by atoms with van der Waals surface area (Å²) in [7, 11) is 1.90. The van der Waals surface area contributed by atoms with Gasteiger partial charge in [-0.15, -0.1) is 0 Å². The Kier molecular flexibility index (Phi) is 4.33. The number of nitrogens with zero attached hydrogens (tertiary/aromatic N) is 2. The molecule has 0 unspecified atom stereocenters. The number of rotatable bonds is 4. The van der Waals surface area contributed by atoms with Crippen LogP contribution in [0, 0.1) is 27.7 Å². The zero-order valence-corrected chi connectivity index (χ0v) is 13.5. The number of thioether (sulfide) groups is 1. The Hall–Kier alpha value is -1.55. The molecule has 0 bridgehead atoms. The molecule has 0 aliphatic rings. The normalized spacial score (nSPS) is 10.8. The van der Waals surface area contributed by atoms with Gasteiger partial charge in [0.1, 0.15) is 0 Å². The van der Waals surface area contributed by atoms with Gasteiger partial charge in [0.25, 0.3) is 0 Å². The number of aryl methyl sites for hydroxylation is 5. The first-order chi connectivity index (χ1) is 9.38. The minimum absolute atomic E-state index is 0.175. The van der Waals surface area contributed by atoms with Crippen molar-refractivity contribution in [3.8, 4) is 0 Å². The van der Waals surface area contributed by atoms with Crippen LogP contribution in [0.2, 0.25) is 0 Å². The van der Waals surface area contributed by atoms with Gasteiger partial charge in [0.15, 0.2) is 5.78 Å². The van der Waals surface area contributed by atoms with E-state index in [4.69, 9.17) is 0 Å². The van der Waals surface area contributed by atoms with Crippen molar-refractivity contribution in [1.29, 1.82) is 0 Å². The van der Waals surface area contributed by atoms with E-state index in [0.717, 1.165) is 21.8 Å². The molecular formula is C16H20N2OS. The highest BCUT2D eigenvalue weighted by molar-refractivity contribution is 7.99. The highest BCUT2D eigenvalue weighted by Gasteiger charge is 2.12. The van der Waals surface area contributed by atoms with Crippen LogP contribution in [-0.2, 0) is 7.05 Å². The summed E-state index contributed by atoms with van der Waals surface area (Å²) >= 11 is 1.54. The smallest absolute Gasteiger partial charge is 0.173 e. The molecule has 0 fully saturated rings. The largest absolute Gasteiger partial charge is 0.293 e. The zero-order valence-electron chi connectivity index (χ0n) is 12.7. The Morgan fingerprint density at radius 1 is 1.10 bits per heavy atom. The van der Waals surface area contributed by atoms with E-state index in [9.17, 15) is 4.79 Å². The monoisotopic (exact) mass is 288 g/mol. The number of aromatic nitrogens is 2. The second kappa shape index (κ2) is 5.83. The highest BCUT2D eigenvalue weighted by atomic mass is 32.2. The maximum Gasteiger partial charge on any atom is 0.173 e. The van der Waals surface area contributed by atoms with Crippen LogP contribution in [0.4, 0.5) is 0 Å². The van der Waals surface area contributed by atoms with Crippen LogP contribution in [0.1, 0.15) is 32.7 Å². The van der Waals surface area contributed by atoms with E-state index in [-0.39, 0.29) is 5.78 Å². The summed E-state index contributed by atoms with van der Waals surface area (Å²) < 4.78 is 1.82. The third kappa shape index (κ3) is 3.12. The molecule has 0 saturated carbocycles. The Labute approximate surface area is 124 Å². The van der Waals surface area contributed by atoms with E-state index in [0.29, 0.717) is 5.75 Å². The van der Waals surface area contributed by atoms with Gasteiger partial charge in [-0.2, -0.15) is 5.10 Å². The van der Waals surface area contributed by atoms with Crippen LogP contribution in [-0.4, -0.2) is 21.3 Å². The number of carbonyl (C=O) groups is 1. The molecule has 1 heterocycles. The van der Waals surface area contributed by atoms with Crippen molar-refractivity contribution < 1.29 is 4.79 Å². The highest BCUT2D eigenvalue weighted by Crippen LogP contribution is 2.22. The quantitative estimate of drug-likeness (QED) is 0.636. The molecule has 1 aromatic carbocycles. The summed E-state index contributed by atoms with van der Waals surface area (Å²) in [5.41, 5.74) is 5.26. The summed E-state index contributed by atoms with van der Waals surface area (Å²) in [6, 6.07) is 6.09. The summed E-state index contributed by atoms with van der Waals surface area (Å²) in [5.74, 6) is 0.622. The number of hydrogen-bond acceptors (Lipinski definition) is 3. The molecule has 0 saturated heterocycles. The molecule has 1 aromatic heterocycles. The summed E-state index contributed by atoms with van der Waals surface area (Å²) in [6.45, 7) is 8.07. The van der Waals surface area contributed by atoms with Crippen LogP contribution in [0.25, 0.3) is 0 Å². The van der Waals surface area contributed by atoms with Gasteiger partial charge in [0.05, 0.1) is 16.5 Å². The molecule has 20 heavy (non-hydrogen) atoms. The molecular weight excluding hydrogens is 268 g/mol. The van der Waals surface area contributed by atoms with Crippen molar-refractivity contribution >= 4 is 17.5 Å². The Morgan fingerprint density at radius 3 is 2.35 bits per heavy atom. The third-order valence-corrected chi connectivity index (χ3v) is 4.54. The number of hydrogen-bond donors (Lipinski definition) is 0. The van der Waals surface area contributed by atoms with E-state index in [1.54, 1.807) is 11.8 Å². The minimum atomic E-state index is 0.175. The fourth-order valence-electron chi connectivity index (χ4n) is 2.20. The van der Waals surface area contributed by atoms with Crippen molar-refractivity contribution in [2.24, 2.45) is 7.05 Å². The molecule has 2 aromatic rings. The molecule has 0 aliphatic heterocycles. The van der Waals surface area contributed by atoms with Crippen LogP contribution in [0.5, 0.6) is 0 Å². The van der Waals surface area contributed by atoms with Gasteiger partial charge in [-0.05, 0) is 56.5 Å². The predicted octanol–water partition coefficient (Wildman–Crippen LogP) is 3.63.